The number of hydrogen-bond donors (Lipinski definition) is 1. The fourth-order valence-corrected chi connectivity index (χ4v) is 1.35. The van der Waals surface area contributed by atoms with Crippen molar-refractivity contribution in [3.05, 3.63) is 29.0 Å². The maximum absolute atomic E-state index is 12.7. The van der Waals surface area contributed by atoms with Crippen molar-refractivity contribution in [2.24, 2.45) is 0 Å². The molecule has 0 spiro atoms. The summed E-state index contributed by atoms with van der Waals surface area (Å²) in [6.07, 6.45) is 0. The zero-order chi connectivity index (χ0) is 13.7. The Kier molecular flexibility index (Phi) is 4.91. The Hall–Kier alpha value is -1.82. The molecule has 1 rings (SSSR count). The first-order chi connectivity index (χ1) is 8.40. The van der Waals surface area contributed by atoms with E-state index in [0.717, 1.165) is 17.0 Å². The third-order valence-electron chi connectivity index (χ3n) is 2.04. The van der Waals surface area contributed by atoms with Crippen molar-refractivity contribution in [1.82, 2.24) is 4.90 Å². The number of halogens is 2. The number of amides is 1. The van der Waals surface area contributed by atoms with E-state index >= 15 is 0 Å². The van der Waals surface area contributed by atoms with Crippen LogP contribution in [0.4, 0.5) is 4.39 Å². The minimum absolute atomic E-state index is 0.0451. The minimum atomic E-state index is -1.12. The van der Waals surface area contributed by atoms with Gasteiger partial charge in [-0.1, -0.05) is 11.6 Å². The second-order valence-corrected chi connectivity index (χ2v) is 3.91. The second kappa shape index (κ2) is 6.20. The third kappa shape index (κ3) is 4.21. The van der Waals surface area contributed by atoms with Crippen molar-refractivity contribution >= 4 is 23.5 Å². The van der Waals surface area contributed by atoms with Crippen molar-refractivity contribution < 1.29 is 23.8 Å². The molecular weight excluding hydrogens is 265 g/mol. The molecule has 1 amide bonds. The zero-order valence-electron chi connectivity index (χ0n) is 9.52. The smallest absolute Gasteiger partial charge is 0.323 e. The van der Waals surface area contributed by atoms with Gasteiger partial charge in [0, 0.05) is 7.05 Å². The highest BCUT2D eigenvalue weighted by molar-refractivity contribution is 6.32. The normalized spacial score (nSPS) is 9.94. The molecule has 1 aromatic carbocycles. The molecule has 0 atom stereocenters. The van der Waals surface area contributed by atoms with E-state index in [1.165, 1.54) is 13.1 Å². The molecule has 0 heterocycles. The van der Waals surface area contributed by atoms with Crippen LogP contribution < -0.4 is 4.74 Å². The van der Waals surface area contributed by atoms with E-state index in [2.05, 4.69) is 0 Å². The maximum atomic E-state index is 12.7. The van der Waals surface area contributed by atoms with Gasteiger partial charge in [-0.2, -0.15) is 0 Å². The average Bonchev–Trinajstić information content (AvgIpc) is 2.26. The van der Waals surface area contributed by atoms with Gasteiger partial charge in [-0.25, -0.2) is 4.39 Å². The largest absolute Gasteiger partial charge is 0.482 e. The van der Waals surface area contributed by atoms with Crippen molar-refractivity contribution in [1.29, 1.82) is 0 Å². The average molecular weight is 276 g/mol. The van der Waals surface area contributed by atoms with Crippen LogP contribution in [-0.2, 0) is 9.59 Å². The summed E-state index contributed by atoms with van der Waals surface area (Å²) in [6.45, 7) is -0.783. The standard InChI is InChI=1S/C11H11ClFNO4/c1-14(5-11(16)17)10(15)6-18-9-3-2-7(13)4-8(9)12/h2-4H,5-6H2,1H3,(H,16,17). The van der Waals surface area contributed by atoms with Gasteiger partial charge >= 0.3 is 5.97 Å². The predicted octanol–water partition coefficient (Wildman–Crippen LogP) is 1.40. The molecule has 0 saturated carbocycles. The highest BCUT2D eigenvalue weighted by Gasteiger charge is 2.13. The van der Waals surface area contributed by atoms with Crippen LogP contribution in [0.3, 0.4) is 0 Å². The fourth-order valence-electron chi connectivity index (χ4n) is 1.13. The van der Waals surface area contributed by atoms with Crippen molar-refractivity contribution in [3.63, 3.8) is 0 Å². The van der Waals surface area contributed by atoms with Crippen LogP contribution in [0.2, 0.25) is 5.02 Å². The summed E-state index contributed by atoms with van der Waals surface area (Å²) < 4.78 is 17.8. The maximum Gasteiger partial charge on any atom is 0.323 e. The number of benzene rings is 1. The molecule has 98 valence electrons. The molecule has 0 fully saturated rings. The summed E-state index contributed by atoms with van der Waals surface area (Å²) in [7, 11) is 1.34. The molecule has 0 bridgehead atoms. The van der Waals surface area contributed by atoms with Gasteiger partial charge in [-0.05, 0) is 18.2 Å². The summed E-state index contributed by atoms with van der Waals surface area (Å²) in [5, 5.41) is 8.54. The fraction of sp³-hybridized carbons (Fsp3) is 0.273. The lowest BCUT2D eigenvalue weighted by Crippen LogP contribution is -2.35. The number of nitrogens with zero attached hydrogens (tertiary/aromatic N) is 1. The Balaban J connectivity index is 2.54. The molecule has 0 unspecified atom stereocenters. The number of ether oxygens (including phenoxy) is 1. The second-order valence-electron chi connectivity index (χ2n) is 3.51. The number of carboxylic acid groups (broad SMARTS) is 1. The van der Waals surface area contributed by atoms with E-state index < -0.39 is 24.2 Å². The number of rotatable bonds is 5. The Morgan fingerprint density at radius 3 is 2.72 bits per heavy atom. The van der Waals surface area contributed by atoms with Gasteiger partial charge in [-0.3, -0.25) is 9.59 Å². The van der Waals surface area contributed by atoms with Crippen LogP contribution in [0.1, 0.15) is 0 Å². The lowest BCUT2D eigenvalue weighted by atomic mass is 10.3. The first-order valence-corrected chi connectivity index (χ1v) is 5.31. The molecule has 5 nitrogen and oxygen atoms in total. The lowest BCUT2D eigenvalue weighted by Gasteiger charge is -2.15. The van der Waals surface area contributed by atoms with E-state index in [-0.39, 0.29) is 17.4 Å². The Bertz CT molecular complexity index is 466. The number of aliphatic carboxylic acids is 1. The van der Waals surface area contributed by atoms with Crippen molar-refractivity contribution in [3.8, 4) is 5.75 Å². The third-order valence-corrected chi connectivity index (χ3v) is 2.34. The van der Waals surface area contributed by atoms with E-state index in [0.29, 0.717) is 0 Å². The lowest BCUT2D eigenvalue weighted by molar-refractivity contribution is -0.144. The Morgan fingerprint density at radius 2 is 2.17 bits per heavy atom. The number of carbonyl (C=O) groups is 2. The number of likely N-dealkylation sites (N-methyl/N-ethyl adjacent to an activating group) is 1. The molecule has 0 aliphatic rings. The monoisotopic (exact) mass is 275 g/mol. The molecule has 18 heavy (non-hydrogen) atoms. The summed E-state index contributed by atoms with van der Waals surface area (Å²) >= 11 is 5.69. The van der Waals surface area contributed by atoms with E-state index in [4.69, 9.17) is 21.4 Å². The number of carboxylic acids is 1. The van der Waals surface area contributed by atoms with Crippen LogP contribution in [-0.4, -0.2) is 42.1 Å². The minimum Gasteiger partial charge on any atom is -0.482 e. The van der Waals surface area contributed by atoms with Gasteiger partial charge in [0.2, 0.25) is 0 Å². The van der Waals surface area contributed by atoms with Crippen LogP contribution >= 0.6 is 11.6 Å². The van der Waals surface area contributed by atoms with Gasteiger partial charge in [0.05, 0.1) is 5.02 Å². The quantitative estimate of drug-likeness (QED) is 0.882. The summed E-state index contributed by atoms with van der Waals surface area (Å²) in [5.41, 5.74) is 0. The van der Waals surface area contributed by atoms with E-state index in [9.17, 15) is 14.0 Å². The molecule has 0 saturated heterocycles. The number of hydrogen-bond acceptors (Lipinski definition) is 3. The molecule has 7 heteroatoms. The molecule has 0 aliphatic carbocycles. The highest BCUT2D eigenvalue weighted by atomic mass is 35.5. The molecule has 1 N–H and O–H groups in total. The SMILES string of the molecule is CN(CC(=O)O)C(=O)COc1ccc(F)cc1Cl. The molecule has 0 radical (unpaired) electrons. The Morgan fingerprint density at radius 1 is 1.50 bits per heavy atom. The molecule has 0 aliphatic heterocycles. The number of carbonyl (C=O) groups excluding carboxylic acids is 1. The molecule has 0 aromatic heterocycles. The predicted molar refractivity (Wildman–Crippen MR) is 62.2 cm³/mol. The van der Waals surface area contributed by atoms with Gasteiger partial charge in [0.15, 0.2) is 6.61 Å². The van der Waals surface area contributed by atoms with Crippen LogP contribution in [0.15, 0.2) is 18.2 Å². The molecular formula is C11H11ClFNO4. The molecule has 1 aromatic rings. The van der Waals surface area contributed by atoms with Crippen molar-refractivity contribution in [2.75, 3.05) is 20.2 Å². The van der Waals surface area contributed by atoms with Gasteiger partial charge < -0.3 is 14.7 Å². The van der Waals surface area contributed by atoms with Crippen molar-refractivity contribution in [2.45, 2.75) is 0 Å². The highest BCUT2D eigenvalue weighted by Crippen LogP contribution is 2.24. The van der Waals surface area contributed by atoms with E-state index in [1.54, 1.807) is 0 Å². The summed E-state index contributed by atoms with van der Waals surface area (Å²) in [5.74, 6) is -1.99. The zero-order valence-corrected chi connectivity index (χ0v) is 10.3. The van der Waals surface area contributed by atoms with Gasteiger partial charge in [0.25, 0.3) is 5.91 Å². The van der Waals surface area contributed by atoms with Crippen LogP contribution in [0, 0.1) is 5.82 Å². The summed E-state index contributed by atoms with van der Waals surface area (Å²) in [4.78, 5) is 22.8. The van der Waals surface area contributed by atoms with Gasteiger partial charge in [0.1, 0.15) is 18.1 Å². The first kappa shape index (κ1) is 14.2. The van der Waals surface area contributed by atoms with Gasteiger partial charge in [-0.15, -0.1) is 0 Å². The first-order valence-electron chi connectivity index (χ1n) is 4.93. The summed E-state index contributed by atoms with van der Waals surface area (Å²) in [6, 6.07) is 3.50. The Labute approximate surface area is 108 Å². The topological polar surface area (TPSA) is 66.8 Å². The van der Waals surface area contributed by atoms with E-state index in [1.807, 2.05) is 0 Å². The van der Waals surface area contributed by atoms with Crippen LogP contribution in [0.25, 0.3) is 0 Å². The van der Waals surface area contributed by atoms with Crippen LogP contribution in [0.5, 0.6) is 5.75 Å².